The van der Waals surface area contributed by atoms with E-state index in [2.05, 4.69) is 27.7 Å². The van der Waals surface area contributed by atoms with Crippen LogP contribution in [0.15, 0.2) is 78.9 Å². The van der Waals surface area contributed by atoms with Crippen molar-refractivity contribution in [3.63, 3.8) is 0 Å². The predicted octanol–water partition coefficient (Wildman–Crippen LogP) is 5.31. The quantitative estimate of drug-likeness (QED) is 0.338. The second kappa shape index (κ2) is 11.3. The first-order valence-electron chi connectivity index (χ1n) is 13.0. The molecule has 1 aliphatic heterocycles. The Morgan fingerprint density at radius 1 is 0.872 bits per heavy atom. The van der Waals surface area contributed by atoms with Crippen LogP contribution < -0.4 is 15.5 Å². The van der Waals surface area contributed by atoms with Crippen molar-refractivity contribution in [1.82, 2.24) is 20.4 Å². The topological polar surface area (TPSA) is 62.2 Å². The molecule has 0 radical (unpaired) electrons. The lowest BCUT2D eigenvalue weighted by molar-refractivity contribution is -0.137. The Labute approximate surface area is 225 Å². The third kappa shape index (κ3) is 6.15. The fourth-order valence-corrected chi connectivity index (χ4v) is 4.73. The second-order valence-electron chi connectivity index (χ2n) is 9.51. The van der Waals surface area contributed by atoms with E-state index in [9.17, 15) is 18.0 Å². The maximum atomic E-state index is 12.9. The van der Waals surface area contributed by atoms with Crippen molar-refractivity contribution in [2.75, 3.05) is 38.1 Å². The normalized spacial score (nSPS) is 13.9. The molecule has 1 fully saturated rings. The van der Waals surface area contributed by atoms with Gasteiger partial charge in [0.15, 0.2) is 0 Å². The summed E-state index contributed by atoms with van der Waals surface area (Å²) in [6.07, 6.45) is -3.52. The molecule has 0 spiro atoms. The number of carbonyl (C=O) groups excluding carboxylic acids is 1. The molecule has 2 N–H and O–H groups in total. The zero-order chi connectivity index (χ0) is 27.4. The van der Waals surface area contributed by atoms with E-state index in [1.54, 1.807) is 7.05 Å². The van der Waals surface area contributed by atoms with Gasteiger partial charge in [-0.05, 0) is 53.6 Å². The Kier molecular flexibility index (Phi) is 7.70. The van der Waals surface area contributed by atoms with Crippen LogP contribution >= 0.6 is 0 Å². The van der Waals surface area contributed by atoms with Gasteiger partial charge < -0.3 is 15.5 Å². The molecular formula is C30H30F3N5O. The van der Waals surface area contributed by atoms with Crippen LogP contribution in [0, 0.1) is 0 Å². The lowest BCUT2D eigenvalue weighted by Gasteiger charge is -2.29. The van der Waals surface area contributed by atoms with Crippen LogP contribution in [0.25, 0.3) is 28.1 Å². The zero-order valence-corrected chi connectivity index (χ0v) is 21.6. The molecule has 1 aliphatic rings. The number of piperazine rings is 1. The molecule has 0 aliphatic carbocycles. The molecule has 6 nitrogen and oxygen atoms in total. The summed E-state index contributed by atoms with van der Waals surface area (Å²) in [6, 6.07) is 23.1. The van der Waals surface area contributed by atoms with Gasteiger partial charge in [0.1, 0.15) is 0 Å². The van der Waals surface area contributed by atoms with Crippen LogP contribution in [-0.4, -0.2) is 48.9 Å². The number of hydrogen-bond donors (Lipinski definition) is 2. The molecular weight excluding hydrogens is 503 g/mol. The van der Waals surface area contributed by atoms with E-state index in [1.807, 2.05) is 47.1 Å². The van der Waals surface area contributed by atoms with Crippen molar-refractivity contribution in [3.8, 4) is 28.1 Å². The van der Waals surface area contributed by atoms with Gasteiger partial charge in [0.2, 0.25) is 5.91 Å². The summed E-state index contributed by atoms with van der Waals surface area (Å²) in [5.41, 5.74) is 5.50. The molecule has 1 aromatic heterocycles. The molecule has 1 amide bonds. The summed E-state index contributed by atoms with van der Waals surface area (Å²) in [4.78, 5) is 14.2. The fraction of sp³-hybridized carbons (Fsp3) is 0.267. The molecule has 0 atom stereocenters. The van der Waals surface area contributed by atoms with Gasteiger partial charge in [-0.2, -0.15) is 18.3 Å². The maximum Gasteiger partial charge on any atom is 0.416 e. The zero-order valence-electron chi connectivity index (χ0n) is 21.6. The van der Waals surface area contributed by atoms with Crippen molar-refractivity contribution < 1.29 is 18.0 Å². The lowest BCUT2D eigenvalue weighted by atomic mass is 10.0. The van der Waals surface area contributed by atoms with Gasteiger partial charge in [0.25, 0.3) is 0 Å². The highest BCUT2D eigenvalue weighted by atomic mass is 19.4. The van der Waals surface area contributed by atoms with Gasteiger partial charge in [-0.3, -0.25) is 4.79 Å². The van der Waals surface area contributed by atoms with Crippen molar-refractivity contribution in [2.45, 2.75) is 19.0 Å². The first-order chi connectivity index (χ1) is 18.8. The third-order valence-corrected chi connectivity index (χ3v) is 6.95. The molecule has 0 unspecified atom stereocenters. The molecule has 1 saturated heterocycles. The minimum absolute atomic E-state index is 0.0487. The van der Waals surface area contributed by atoms with Gasteiger partial charge >= 0.3 is 6.18 Å². The van der Waals surface area contributed by atoms with Crippen LogP contribution in [0.1, 0.15) is 17.7 Å². The number of aryl methyl sites for hydroxylation is 1. The van der Waals surface area contributed by atoms with Crippen molar-refractivity contribution >= 4 is 11.6 Å². The van der Waals surface area contributed by atoms with Crippen molar-refractivity contribution in [3.05, 3.63) is 90.1 Å². The van der Waals surface area contributed by atoms with Gasteiger partial charge in [-0.15, -0.1) is 0 Å². The number of benzene rings is 3. The largest absolute Gasteiger partial charge is 0.416 e. The molecule has 4 aromatic rings. The van der Waals surface area contributed by atoms with Gasteiger partial charge in [0.05, 0.1) is 22.6 Å². The van der Waals surface area contributed by atoms with Gasteiger partial charge in [-0.25, -0.2) is 4.68 Å². The van der Waals surface area contributed by atoms with Crippen molar-refractivity contribution in [2.24, 2.45) is 0 Å². The van der Waals surface area contributed by atoms with Crippen LogP contribution in [0.2, 0.25) is 0 Å². The van der Waals surface area contributed by atoms with E-state index >= 15 is 0 Å². The first-order valence-corrected chi connectivity index (χ1v) is 13.0. The standard InChI is InChI=1S/C30H30F3N5O/c1-34-29(39)15-10-25-20-28(38(36-25)27-13-11-26(12-14-27)37-18-16-35-17-19-37)23-4-2-21(3-5-23)22-6-8-24(9-7-22)30(31,32)33/h2-9,11-14,20,35H,10,15-19H2,1H3,(H,34,39). The maximum absolute atomic E-state index is 12.9. The fourth-order valence-electron chi connectivity index (χ4n) is 4.73. The van der Waals surface area contributed by atoms with Crippen LogP contribution in [-0.2, 0) is 17.4 Å². The summed E-state index contributed by atoms with van der Waals surface area (Å²) in [7, 11) is 1.62. The number of halogens is 3. The molecule has 0 bridgehead atoms. The summed E-state index contributed by atoms with van der Waals surface area (Å²) < 4.78 is 40.7. The third-order valence-electron chi connectivity index (χ3n) is 6.95. The van der Waals surface area contributed by atoms with E-state index in [1.165, 1.54) is 12.1 Å². The highest BCUT2D eigenvalue weighted by molar-refractivity contribution is 5.76. The number of alkyl halides is 3. The smallest absolute Gasteiger partial charge is 0.369 e. The van der Waals surface area contributed by atoms with Crippen LogP contribution in [0.4, 0.5) is 18.9 Å². The monoisotopic (exact) mass is 533 g/mol. The molecule has 9 heteroatoms. The first kappa shape index (κ1) is 26.5. The second-order valence-corrected chi connectivity index (χ2v) is 9.51. The number of carbonyl (C=O) groups is 1. The van der Waals surface area contributed by atoms with Crippen LogP contribution in [0.5, 0.6) is 0 Å². The highest BCUT2D eigenvalue weighted by Crippen LogP contribution is 2.32. The Morgan fingerprint density at radius 3 is 2.03 bits per heavy atom. The number of rotatable bonds is 7. The number of anilines is 1. The molecule has 202 valence electrons. The number of nitrogens with one attached hydrogen (secondary N) is 2. The number of nitrogens with zero attached hydrogens (tertiary/aromatic N) is 3. The van der Waals surface area contributed by atoms with E-state index in [4.69, 9.17) is 5.10 Å². The van der Waals surface area contributed by atoms with E-state index in [0.29, 0.717) is 18.4 Å². The Hall–Kier alpha value is -4.11. The number of aromatic nitrogens is 2. The van der Waals surface area contributed by atoms with E-state index in [0.717, 1.165) is 72.2 Å². The van der Waals surface area contributed by atoms with Gasteiger partial charge in [0, 0.05) is 57.3 Å². The number of amides is 1. The summed E-state index contributed by atoms with van der Waals surface area (Å²) in [5, 5.41) is 10.8. The van der Waals surface area contributed by atoms with E-state index < -0.39 is 11.7 Å². The summed E-state index contributed by atoms with van der Waals surface area (Å²) >= 11 is 0. The van der Waals surface area contributed by atoms with Crippen molar-refractivity contribution in [1.29, 1.82) is 0 Å². The summed E-state index contributed by atoms with van der Waals surface area (Å²) in [5.74, 6) is -0.0487. The summed E-state index contributed by atoms with van der Waals surface area (Å²) in [6.45, 7) is 3.84. The van der Waals surface area contributed by atoms with Crippen LogP contribution in [0.3, 0.4) is 0 Å². The van der Waals surface area contributed by atoms with Gasteiger partial charge in [-0.1, -0.05) is 36.4 Å². The Morgan fingerprint density at radius 2 is 1.44 bits per heavy atom. The molecule has 0 saturated carbocycles. The molecule has 3 aromatic carbocycles. The minimum Gasteiger partial charge on any atom is -0.369 e. The average Bonchev–Trinajstić information content (AvgIpc) is 3.40. The average molecular weight is 534 g/mol. The molecule has 2 heterocycles. The Bertz CT molecular complexity index is 1410. The van der Waals surface area contributed by atoms with E-state index in [-0.39, 0.29) is 5.91 Å². The highest BCUT2D eigenvalue weighted by Gasteiger charge is 2.30. The SMILES string of the molecule is CNC(=O)CCc1cc(-c2ccc(-c3ccc(C(F)(F)F)cc3)cc2)n(-c2ccc(N3CCNCC3)cc2)n1. The minimum atomic E-state index is -4.36. The number of hydrogen-bond acceptors (Lipinski definition) is 4. The predicted molar refractivity (Wildman–Crippen MR) is 147 cm³/mol. The lowest BCUT2D eigenvalue weighted by Crippen LogP contribution is -2.43. The Balaban J connectivity index is 1.44. The molecule has 5 rings (SSSR count). The molecule has 39 heavy (non-hydrogen) atoms.